The number of aromatic nitrogens is 4. The van der Waals surface area contributed by atoms with Gasteiger partial charge in [-0.2, -0.15) is 0 Å². The molecule has 0 aliphatic carbocycles. The van der Waals surface area contributed by atoms with Gasteiger partial charge in [-0.25, -0.2) is 15.0 Å². The summed E-state index contributed by atoms with van der Waals surface area (Å²) in [6, 6.07) is 9.39. The van der Waals surface area contributed by atoms with Gasteiger partial charge in [0.05, 0.1) is 5.69 Å². The van der Waals surface area contributed by atoms with Gasteiger partial charge in [-0.05, 0) is 12.1 Å². The molecule has 0 amide bonds. The van der Waals surface area contributed by atoms with E-state index in [2.05, 4.69) is 21.5 Å². The molecule has 3 aromatic rings. The van der Waals surface area contributed by atoms with Crippen LogP contribution < -0.4 is 5.56 Å². The molecule has 0 radical (unpaired) electrons. The molecule has 3 rings (SSSR count). The maximum Gasteiger partial charge on any atom is 0.286 e. The first-order valence-electron chi connectivity index (χ1n) is 6.34. The van der Waals surface area contributed by atoms with Crippen molar-refractivity contribution >= 4 is 22.9 Å². The number of thioether (sulfide) groups is 1. The van der Waals surface area contributed by atoms with Crippen LogP contribution in [-0.2, 0) is 0 Å². The molecule has 0 saturated heterocycles. The van der Waals surface area contributed by atoms with Crippen LogP contribution in [0.25, 0.3) is 16.9 Å². The van der Waals surface area contributed by atoms with Gasteiger partial charge < -0.3 is 0 Å². The van der Waals surface area contributed by atoms with Crippen molar-refractivity contribution in [2.45, 2.75) is 5.16 Å². The summed E-state index contributed by atoms with van der Waals surface area (Å²) in [6.45, 7) is 3.70. The molecular weight excluding hydrogens is 284 g/mol. The van der Waals surface area contributed by atoms with Gasteiger partial charge in [-0.3, -0.25) is 9.36 Å². The number of para-hydroxylation sites is 1. The summed E-state index contributed by atoms with van der Waals surface area (Å²) < 4.78 is 1.56. The van der Waals surface area contributed by atoms with Gasteiger partial charge in [0.2, 0.25) is 0 Å². The summed E-state index contributed by atoms with van der Waals surface area (Å²) >= 11 is 1.44. The van der Waals surface area contributed by atoms with Crippen molar-refractivity contribution < 1.29 is 0 Å². The first-order valence-corrected chi connectivity index (χ1v) is 7.32. The Kier molecular flexibility index (Phi) is 3.79. The Morgan fingerprint density at radius 1 is 1.19 bits per heavy atom. The van der Waals surface area contributed by atoms with Gasteiger partial charge in [0.1, 0.15) is 0 Å². The van der Waals surface area contributed by atoms with Crippen LogP contribution in [0.15, 0.2) is 65.3 Å². The number of nitrogens with zero attached hydrogens (tertiary/aromatic N) is 4. The molecule has 104 valence electrons. The van der Waals surface area contributed by atoms with E-state index in [4.69, 9.17) is 0 Å². The van der Waals surface area contributed by atoms with Gasteiger partial charge in [0, 0.05) is 18.1 Å². The molecule has 1 aromatic carbocycles. The van der Waals surface area contributed by atoms with E-state index < -0.39 is 0 Å². The van der Waals surface area contributed by atoms with Gasteiger partial charge in [0.25, 0.3) is 5.56 Å². The van der Waals surface area contributed by atoms with Crippen LogP contribution in [0.3, 0.4) is 0 Å². The molecule has 6 heteroatoms. The van der Waals surface area contributed by atoms with E-state index in [1.165, 1.54) is 24.2 Å². The molecule has 0 unspecified atom stereocenters. The van der Waals surface area contributed by atoms with Crippen molar-refractivity contribution in [3.8, 4) is 5.69 Å². The highest BCUT2D eigenvalue weighted by molar-refractivity contribution is 7.99. The zero-order chi connectivity index (χ0) is 14.7. The number of hydrogen-bond acceptors (Lipinski definition) is 5. The van der Waals surface area contributed by atoms with E-state index >= 15 is 0 Å². The topological polar surface area (TPSA) is 60.7 Å². The molecule has 0 aliphatic heterocycles. The monoisotopic (exact) mass is 296 g/mol. The minimum Gasteiger partial charge on any atom is -0.266 e. The number of rotatable bonds is 4. The molecule has 0 fully saturated rings. The minimum absolute atomic E-state index is 0.217. The van der Waals surface area contributed by atoms with E-state index in [1.54, 1.807) is 10.6 Å². The lowest BCUT2D eigenvalue weighted by Crippen LogP contribution is -2.23. The van der Waals surface area contributed by atoms with Crippen molar-refractivity contribution in [2.24, 2.45) is 0 Å². The summed E-state index contributed by atoms with van der Waals surface area (Å²) in [5, 5.41) is 0.583. The summed E-state index contributed by atoms with van der Waals surface area (Å²) in [7, 11) is 0. The number of hydrogen-bond donors (Lipinski definition) is 0. The van der Waals surface area contributed by atoms with Gasteiger partial charge >= 0.3 is 0 Å². The lowest BCUT2D eigenvalue weighted by molar-refractivity contribution is 0.811. The predicted molar refractivity (Wildman–Crippen MR) is 83.9 cm³/mol. The second-order valence-electron chi connectivity index (χ2n) is 4.20. The van der Waals surface area contributed by atoms with Crippen molar-refractivity contribution in [1.82, 2.24) is 19.5 Å². The van der Waals surface area contributed by atoms with E-state index in [0.29, 0.717) is 16.6 Å². The third kappa shape index (κ3) is 2.57. The highest BCUT2D eigenvalue weighted by Crippen LogP contribution is 2.19. The highest BCUT2D eigenvalue weighted by Gasteiger charge is 2.14. The fourth-order valence-electron chi connectivity index (χ4n) is 1.93. The summed E-state index contributed by atoms with van der Waals surface area (Å²) in [5.41, 5.74) is 1.17. The van der Waals surface area contributed by atoms with E-state index in [-0.39, 0.29) is 11.1 Å². The molecule has 0 saturated carbocycles. The molecule has 0 atom stereocenters. The van der Waals surface area contributed by atoms with Crippen molar-refractivity contribution in [1.29, 1.82) is 0 Å². The maximum absolute atomic E-state index is 12.7. The second-order valence-corrected chi connectivity index (χ2v) is 5.19. The smallest absolute Gasteiger partial charge is 0.266 e. The molecular formula is C15H12N4OS. The first kappa shape index (κ1) is 13.5. The lowest BCUT2D eigenvalue weighted by Gasteiger charge is -2.11. The Hall–Kier alpha value is -2.47. The highest BCUT2D eigenvalue weighted by atomic mass is 32.2. The summed E-state index contributed by atoms with van der Waals surface area (Å²) in [5.74, 6) is 0.658. The Morgan fingerprint density at radius 3 is 2.71 bits per heavy atom. The van der Waals surface area contributed by atoms with Crippen LogP contribution >= 0.6 is 11.8 Å². The number of fused-ring (bicyclic) bond motifs is 1. The molecule has 0 aliphatic rings. The van der Waals surface area contributed by atoms with E-state index in [1.807, 2.05) is 30.3 Å². The quantitative estimate of drug-likeness (QED) is 0.420. The molecule has 2 heterocycles. The second kappa shape index (κ2) is 5.88. The normalized spacial score (nSPS) is 10.7. The maximum atomic E-state index is 12.7. The standard InChI is InChI=1S/C15H12N4OS/c1-2-10-21-15-18-13-12(16-8-9-17-13)14(20)19(15)11-6-4-3-5-7-11/h2-9H,1,10H2. The molecule has 0 N–H and O–H groups in total. The van der Waals surface area contributed by atoms with Gasteiger partial charge in [-0.15, -0.1) is 6.58 Å². The fraction of sp³-hybridized carbons (Fsp3) is 0.0667. The summed E-state index contributed by atoms with van der Waals surface area (Å²) in [4.78, 5) is 25.4. The van der Waals surface area contributed by atoms with Crippen LogP contribution in [0.2, 0.25) is 0 Å². The van der Waals surface area contributed by atoms with Crippen LogP contribution in [0.5, 0.6) is 0 Å². The van der Waals surface area contributed by atoms with Crippen LogP contribution in [0.4, 0.5) is 0 Å². The molecule has 0 spiro atoms. The Balaban J connectivity index is 2.31. The Labute approximate surface area is 125 Å². The SMILES string of the molecule is C=CCSc1nc2nccnc2c(=O)n1-c1ccccc1. The van der Waals surface area contributed by atoms with E-state index in [9.17, 15) is 4.79 Å². The largest absolute Gasteiger partial charge is 0.286 e. The predicted octanol–water partition coefficient (Wildman–Crippen LogP) is 2.45. The minimum atomic E-state index is -0.217. The van der Waals surface area contributed by atoms with Crippen molar-refractivity contribution in [3.63, 3.8) is 0 Å². The Bertz CT molecular complexity index is 845. The van der Waals surface area contributed by atoms with Crippen molar-refractivity contribution in [2.75, 3.05) is 5.75 Å². The molecule has 2 aromatic heterocycles. The van der Waals surface area contributed by atoms with Gasteiger partial charge in [0.15, 0.2) is 16.3 Å². The molecule has 21 heavy (non-hydrogen) atoms. The molecule has 0 bridgehead atoms. The van der Waals surface area contributed by atoms with Gasteiger partial charge in [-0.1, -0.05) is 36.0 Å². The lowest BCUT2D eigenvalue weighted by atomic mass is 10.3. The first-order chi connectivity index (χ1) is 10.3. The third-order valence-electron chi connectivity index (χ3n) is 2.82. The average Bonchev–Trinajstić information content (AvgIpc) is 2.54. The zero-order valence-corrected chi connectivity index (χ0v) is 12.0. The fourth-order valence-corrected chi connectivity index (χ4v) is 2.67. The summed E-state index contributed by atoms with van der Waals surface area (Å²) in [6.07, 6.45) is 4.80. The average molecular weight is 296 g/mol. The zero-order valence-electron chi connectivity index (χ0n) is 11.1. The van der Waals surface area contributed by atoms with Crippen LogP contribution in [0, 0.1) is 0 Å². The Morgan fingerprint density at radius 2 is 1.95 bits per heavy atom. The van der Waals surface area contributed by atoms with Crippen LogP contribution in [-0.4, -0.2) is 25.3 Å². The van der Waals surface area contributed by atoms with E-state index in [0.717, 1.165) is 5.69 Å². The van der Waals surface area contributed by atoms with Crippen LogP contribution in [0.1, 0.15) is 0 Å². The van der Waals surface area contributed by atoms with Crippen molar-refractivity contribution in [3.05, 3.63) is 65.7 Å². The molecule has 5 nitrogen and oxygen atoms in total. The third-order valence-corrected chi connectivity index (χ3v) is 3.76. The number of benzene rings is 1.